The standard InChI is InChI=1S/C21H17ClN6O5S2/c1-2-8-33-26-13(12-16(22)35-21(23)25-12)17(29)24-14-18(30)28-15(20(31)32)11(10-34-19(14)28)9-27-6-4-3-5-7-27/h1,3-7,14,19H,8-10H2,(H3-,23,24,25,29,31,32)/p+1/b26-13+/t14?,19-/m1/s1. The van der Waals surface area contributed by atoms with Crippen molar-refractivity contribution in [1.29, 1.82) is 0 Å². The second-order valence-corrected chi connectivity index (χ2v) is 10.00. The van der Waals surface area contributed by atoms with E-state index in [-0.39, 0.29) is 33.2 Å². The molecule has 2 aliphatic rings. The molecule has 14 heteroatoms. The molecule has 1 fully saturated rings. The number of carbonyl (C=O) groups is 3. The van der Waals surface area contributed by atoms with Crippen LogP contribution in [-0.2, 0) is 25.8 Å². The number of thioether (sulfide) groups is 1. The van der Waals surface area contributed by atoms with Crippen LogP contribution in [0, 0.1) is 12.3 Å². The zero-order valence-corrected chi connectivity index (χ0v) is 20.3. The number of terminal acetylenes is 1. The minimum Gasteiger partial charge on any atom is -0.477 e. The number of nitrogens with zero attached hydrogens (tertiary/aromatic N) is 4. The summed E-state index contributed by atoms with van der Waals surface area (Å²) in [5.41, 5.74) is 5.85. The summed E-state index contributed by atoms with van der Waals surface area (Å²) in [6, 6.07) is 4.52. The quantitative estimate of drug-likeness (QED) is 0.110. The molecule has 0 aromatic carbocycles. The van der Waals surface area contributed by atoms with Gasteiger partial charge in [0.2, 0.25) is 0 Å². The SMILES string of the molecule is C#CCO/N=C(/C(=O)NC1C(=O)N2C(C(=O)O)=C(C[n+]3ccccc3)CS[C@H]12)c1nc(N)sc1Cl. The van der Waals surface area contributed by atoms with E-state index < -0.39 is 29.2 Å². The highest BCUT2D eigenvalue weighted by molar-refractivity contribution is 8.00. The first-order chi connectivity index (χ1) is 16.8. The number of hydrogen-bond acceptors (Lipinski definition) is 9. The molecule has 4 heterocycles. The number of aromatic nitrogens is 2. The molecular weight excluding hydrogens is 516 g/mol. The van der Waals surface area contributed by atoms with Gasteiger partial charge in [-0.3, -0.25) is 14.5 Å². The number of carbonyl (C=O) groups excluding carboxylic acids is 2. The van der Waals surface area contributed by atoms with Gasteiger partial charge >= 0.3 is 5.97 Å². The molecule has 0 saturated carbocycles. The zero-order chi connectivity index (χ0) is 25.1. The normalized spacial score (nSPS) is 19.5. The minimum atomic E-state index is -1.21. The van der Waals surface area contributed by atoms with Crippen molar-refractivity contribution < 1.29 is 28.9 Å². The maximum atomic E-state index is 13.0. The molecule has 0 radical (unpaired) electrons. The minimum absolute atomic E-state index is 0.0168. The number of anilines is 1. The van der Waals surface area contributed by atoms with Crippen molar-refractivity contribution in [1.82, 2.24) is 15.2 Å². The Bertz CT molecular complexity index is 1290. The fourth-order valence-electron chi connectivity index (χ4n) is 3.56. The Hall–Kier alpha value is -3.60. The molecule has 180 valence electrons. The lowest BCUT2D eigenvalue weighted by atomic mass is 10.0. The molecular formula is C21H18ClN6O5S2+. The van der Waals surface area contributed by atoms with Crippen molar-refractivity contribution in [2.24, 2.45) is 5.16 Å². The zero-order valence-electron chi connectivity index (χ0n) is 17.9. The number of pyridine rings is 1. The van der Waals surface area contributed by atoms with Crippen LogP contribution >= 0.6 is 34.7 Å². The lowest BCUT2D eigenvalue weighted by Gasteiger charge is -2.49. The lowest BCUT2D eigenvalue weighted by molar-refractivity contribution is -0.689. The fourth-order valence-corrected chi connectivity index (χ4v) is 5.83. The van der Waals surface area contributed by atoms with E-state index in [4.69, 9.17) is 28.6 Å². The van der Waals surface area contributed by atoms with Crippen LogP contribution in [0.3, 0.4) is 0 Å². The van der Waals surface area contributed by atoms with Gasteiger partial charge in [-0.05, 0) is 0 Å². The molecule has 2 amide bonds. The number of β-lactam (4-membered cyclic amide) rings is 1. The number of nitrogens with two attached hydrogens (primary N) is 1. The number of oxime groups is 1. The van der Waals surface area contributed by atoms with Crippen molar-refractivity contribution in [3.05, 3.63) is 51.9 Å². The first kappa shape index (κ1) is 24.5. The molecule has 11 nitrogen and oxygen atoms in total. The van der Waals surface area contributed by atoms with Crippen LogP contribution in [0.25, 0.3) is 0 Å². The number of carboxylic acid groups (broad SMARTS) is 1. The first-order valence-electron chi connectivity index (χ1n) is 10.0. The molecule has 0 bridgehead atoms. The van der Waals surface area contributed by atoms with Crippen LogP contribution in [0.2, 0.25) is 4.34 Å². The lowest BCUT2D eigenvalue weighted by Crippen LogP contribution is -2.71. The third kappa shape index (κ3) is 4.95. The molecule has 4 N–H and O–H groups in total. The Morgan fingerprint density at radius 2 is 2.17 bits per heavy atom. The highest BCUT2D eigenvalue weighted by Gasteiger charge is 2.54. The van der Waals surface area contributed by atoms with E-state index in [9.17, 15) is 19.5 Å². The van der Waals surface area contributed by atoms with Gasteiger partial charge in [-0.2, -0.15) is 0 Å². The molecule has 0 aliphatic carbocycles. The fraction of sp³-hybridized carbons (Fsp3) is 0.238. The third-order valence-electron chi connectivity index (χ3n) is 5.03. The van der Waals surface area contributed by atoms with Crippen molar-refractivity contribution >= 4 is 63.3 Å². The predicted octanol–water partition coefficient (Wildman–Crippen LogP) is 0.459. The Morgan fingerprint density at radius 3 is 2.80 bits per heavy atom. The number of rotatable bonds is 8. The van der Waals surface area contributed by atoms with Crippen LogP contribution in [-0.4, -0.2) is 62.3 Å². The average Bonchev–Trinajstić information content (AvgIpc) is 3.17. The van der Waals surface area contributed by atoms with E-state index in [1.807, 2.05) is 35.2 Å². The predicted molar refractivity (Wildman–Crippen MR) is 129 cm³/mol. The van der Waals surface area contributed by atoms with Gasteiger partial charge in [0, 0.05) is 23.5 Å². The first-order valence-corrected chi connectivity index (χ1v) is 12.3. The third-order valence-corrected chi connectivity index (χ3v) is 7.46. The summed E-state index contributed by atoms with van der Waals surface area (Å²) in [6.45, 7) is 0.105. The molecule has 0 spiro atoms. The summed E-state index contributed by atoms with van der Waals surface area (Å²) in [4.78, 5) is 48.2. The summed E-state index contributed by atoms with van der Waals surface area (Å²) in [7, 11) is 0. The van der Waals surface area contributed by atoms with E-state index in [1.165, 1.54) is 16.7 Å². The molecule has 2 aromatic rings. The topological polar surface area (TPSA) is 151 Å². The maximum Gasteiger partial charge on any atom is 0.352 e. The van der Waals surface area contributed by atoms with Gasteiger partial charge in [0.25, 0.3) is 11.8 Å². The molecule has 2 atom stereocenters. The van der Waals surface area contributed by atoms with Gasteiger partial charge in [0.15, 0.2) is 36.4 Å². The Morgan fingerprint density at radius 1 is 1.43 bits per heavy atom. The van der Waals surface area contributed by atoms with Gasteiger partial charge in [-0.15, -0.1) is 18.2 Å². The largest absolute Gasteiger partial charge is 0.477 e. The summed E-state index contributed by atoms with van der Waals surface area (Å²) in [6.07, 6.45) is 8.77. The monoisotopic (exact) mass is 533 g/mol. The van der Waals surface area contributed by atoms with Gasteiger partial charge in [-0.1, -0.05) is 40.1 Å². The van der Waals surface area contributed by atoms with Gasteiger partial charge in [0.05, 0.1) is 0 Å². The second-order valence-electron chi connectivity index (χ2n) is 7.26. The molecule has 2 aromatic heterocycles. The van der Waals surface area contributed by atoms with Crippen LogP contribution in [0.1, 0.15) is 5.69 Å². The van der Waals surface area contributed by atoms with E-state index in [2.05, 4.69) is 21.4 Å². The van der Waals surface area contributed by atoms with Gasteiger partial charge in [-0.25, -0.2) is 14.3 Å². The van der Waals surface area contributed by atoms with Crippen molar-refractivity contribution in [2.45, 2.75) is 18.0 Å². The maximum absolute atomic E-state index is 13.0. The number of aliphatic carboxylic acids is 1. The summed E-state index contributed by atoms with van der Waals surface area (Å²) < 4.78 is 1.93. The number of hydrogen-bond donors (Lipinski definition) is 3. The van der Waals surface area contributed by atoms with E-state index in [1.54, 1.807) is 0 Å². The summed E-state index contributed by atoms with van der Waals surface area (Å²) >= 11 is 8.41. The van der Waals surface area contributed by atoms with Crippen LogP contribution in [0.15, 0.2) is 47.0 Å². The number of nitrogens with one attached hydrogen (secondary N) is 1. The number of nitrogen functional groups attached to an aromatic ring is 1. The van der Waals surface area contributed by atoms with E-state index in [0.29, 0.717) is 17.9 Å². The smallest absolute Gasteiger partial charge is 0.352 e. The van der Waals surface area contributed by atoms with Gasteiger partial charge < -0.3 is 21.0 Å². The summed E-state index contributed by atoms with van der Waals surface area (Å²) in [5.74, 6) is 0.0160. The highest BCUT2D eigenvalue weighted by atomic mass is 35.5. The molecule has 1 saturated heterocycles. The van der Waals surface area contributed by atoms with Crippen LogP contribution in [0.4, 0.5) is 5.13 Å². The number of halogens is 1. The van der Waals surface area contributed by atoms with Crippen LogP contribution < -0.4 is 15.6 Å². The molecule has 1 unspecified atom stereocenters. The van der Waals surface area contributed by atoms with Crippen molar-refractivity contribution in [3.8, 4) is 12.3 Å². The van der Waals surface area contributed by atoms with Crippen molar-refractivity contribution in [2.75, 3.05) is 18.1 Å². The number of fused-ring (bicyclic) bond motifs is 1. The number of amides is 2. The number of carboxylic acids is 1. The molecule has 4 rings (SSSR count). The molecule has 2 aliphatic heterocycles. The highest BCUT2D eigenvalue weighted by Crippen LogP contribution is 2.40. The molecule has 35 heavy (non-hydrogen) atoms. The van der Waals surface area contributed by atoms with Crippen LogP contribution in [0.5, 0.6) is 0 Å². The van der Waals surface area contributed by atoms with E-state index >= 15 is 0 Å². The number of thiazole rings is 1. The Kier molecular flexibility index (Phi) is 7.25. The van der Waals surface area contributed by atoms with Gasteiger partial charge in [0.1, 0.15) is 27.1 Å². The Labute approximate surface area is 212 Å². The average molecular weight is 534 g/mol. The Balaban J connectivity index is 1.55. The summed E-state index contributed by atoms with van der Waals surface area (Å²) in [5, 5.41) is 15.7. The van der Waals surface area contributed by atoms with Crippen molar-refractivity contribution in [3.63, 3.8) is 0 Å². The second kappa shape index (κ2) is 10.3. The van der Waals surface area contributed by atoms with E-state index in [0.717, 1.165) is 11.3 Å².